The van der Waals surface area contributed by atoms with Gasteiger partial charge in [-0.15, -0.1) is 0 Å². The van der Waals surface area contributed by atoms with Gasteiger partial charge in [-0.2, -0.15) is 0 Å². The van der Waals surface area contributed by atoms with Crippen LogP contribution in [0.1, 0.15) is 57.4 Å². The molecule has 2 aliphatic heterocycles. The van der Waals surface area contributed by atoms with E-state index in [1.165, 1.54) is 0 Å². The molecule has 1 amide bonds. The van der Waals surface area contributed by atoms with Crippen LogP contribution in [0.15, 0.2) is 69.4 Å². The number of benzene rings is 1. The van der Waals surface area contributed by atoms with Gasteiger partial charge in [0.25, 0.3) is 0 Å². The molecule has 2 unspecified atom stereocenters. The third kappa shape index (κ3) is 6.92. The lowest BCUT2D eigenvalue weighted by Crippen LogP contribution is -2.31. The van der Waals surface area contributed by atoms with Crippen LogP contribution in [0.3, 0.4) is 0 Å². The first kappa shape index (κ1) is 28.7. The molecular formula is C29H37N3O6. The van der Waals surface area contributed by atoms with Gasteiger partial charge in [0.2, 0.25) is 5.91 Å². The molecule has 0 saturated carbocycles. The molecule has 0 aliphatic carbocycles. The van der Waals surface area contributed by atoms with Gasteiger partial charge in [0.1, 0.15) is 17.7 Å². The Morgan fingerprint density at radius 3 is 2.03 bits per heavy atom. The summed E-state index contributed by atoms with van der Waals surface area (Å²) >= 11 is 0. The van der Waals surface area contributed by atoms with E-state index in [-0.39, 0.29) is 24.5 Å². The molecule has 1 aromatic carbocycles. The van der Waals surface area contributed by atoms with Crippen molar-refractivity contribution in [3.8, 4) is 0 Å². The summed E-state index contributed by atoms with van der Waals surface area (Å²) in [6.07, 6.45) is 0.771. The Morgan fingerprint density at radius 2 is 1.53 bits per heavy atom. The number of hydrogen-bond donors (Lipinski definition) is 2. The summed E-state index contributed by atoms with van der Waals surface area (Å²) in [5.41, 5.74) is 3.55. The highest BCUT2D eigenvalue weighted by Gasteiger charge is 2.38. The van der Waals surface area contributed by atoms with Crippen molar-refractivity contribution in [2.24, 2.45) is 0 Å². The van der Waals surface area contributed by atoms with Crippen LogP contribution in [0, 0.1) is 6.92 Å². The van der Waals surface area contributed by atoms with Crippen molar-refractivity contribution >= 4 is 17.8 Å². The van der Waals surface area contributed by atoms with E-state index in [1.54, 1.807) is 32.6 Å². The van der Waals surface area contributed by atoms with Gasteiger partial charge in [-0.1, -0.05) is 30.3 Å². The number of hydrogen-bond acceptors (Lipinski definition) is 8. The first-order chi connectivity index (χ1) is 18.2. The lowest BCUT2D eigenvalue weighted by Gasteiger charge is -2.22. The van der Waals surface area contributed by atoms with Crippen molar-refractivity contribution in [1.29, 1.82) is 0 Å². The first-order valence-electron chi connectivity index (χ1n) is 12.8. The van der Waals surface area contributed by atoms with E-state index in [4.69, 9.17) is 13.9 Å². The van der Waals surface area contributed by atoms with E-state index in [2.05, 4.69) is 10.6 Å². The molecule has 0 bridgehead atoms. The molecule has 1 saturated heterocycles. The number of rotatable bonds is 7. The van der Waals surface area contributed by atoms with Crippen LogP contribution in [0.2, 0.25) is 0 Å². The predicted molar refractivity (Wildman–Crippen MR) is 142 cm³/mol. The number of nitrogens with one attached hydrogen (secondary N) is 2. The van der Waals surface area contributed by atoms with Crippen molar-refractivity contribution in [1.82, 2.24) is 15.5 Å². The zero-order chi connectivity index (χ0) is 27.8. The summed E-state index contributed by atoms with van der Waals surface area (Å²) in [6, 6.07) is 13.7. The van der Waals surface area contributed by atoms with E-state index in [0.717, 1.165) is 28.5 Å². The average molecular weight is 524 g/mol. The zero-order valence-electron chi connectivity index (χ0n) is 22.9. The van der Waals surface area contributed by atoms with Gasteiger partial charge < -0.3 is 24.1 Å². The number of carbonyl (C=O) groups is 3. The number of ether oxygens (including phenoxy) is 2. The Hall–Kier alpha value is -3.85. The highest BCUT2D eigenvalue weighted by molar-refractivity contribution is 5.96. The number of aryl methyl sites for hydroxylation is 1. The summed E-state index contributed by atoms with van der Waals surface area (Å²) in [5, 5.41) is 6.37. The Morgan fingerprint density at radius 1 is 0.947 bits per heavy atom. The summed E-state index contributed by atoms with van der Waals surface area (Å²) in [5.74, 6) is 0.963. The van der Waals surface area contributed by atoms with Crippen LogP contribution >= 0.6 is 0 Å². The third-order valence-corrected chi connectivity index (χ3v) is 6.38. The molecule has 4 rings (SSSR count). The number of carbonyl (C=O) groups excluding carboxylic acids is 3. The first-order valence-corrected chi connectivity index (χ1v) is 12.8. The second-order valence-electron chi connectivity index (χ2n) is 9.16. The summed E-state index contributed by atoms with van der Waals surface area (Å²) in [4.78, 5) is 37.5. The van der Waals surface area contributed by atoms with Crippen LogP contribution in [0.4, 0.5) is 0 Å². The van der Waals surface area contributed by atoms with Gasteiger partial charge in [-0.05, 0) is 58.7 Å². The molecular weight excluding hydrogens is 486 g/mol. The highest BCUT2D eigenvalue weighted by atomic mass is 16.5. The zero-order valence-corrected chi connectivity index (χ0v) is 22.9. The van der Waals surface area contributed by atoms with Gasteiger partial charge in [-0.3, -0.25) is 10.1 Å². The fourth-order valence-electron chi connectivity index (χ4n) is 4.38. The van der Waals surface area contributed by atoms with E-state index < -0.39 is 11.9 Å². The lowest BCUT2D eigenvalue weighted by atomic mass is 9.98. The Bertz CT molecular complexity index is 1180. The maximum atomic E-state index is 12.3. The van der Waals surface area contributed by atoms with Crippen molar-refractivity contribution in [3.63, 3.8) is 0 Å². The molecule has 1 aromatic heterocycles. The smallest absolute Gasteiger partial charge is 0.336 e. The quantitative estimate of drug-likeness (QED) is 0.526. The lowest BCUT2D eigenvalue weighted by molar-refractivity contribution is -0.139. The van der Waals surface area contributed by atoms with E-state index in [1.807, 2.05) is 56.4 Å². The number of likely N-dealkylation sites (N-methyl/N-ethyl adjacent to an activating group) is 1. The number of amides is 1. The van der Waals surface area contributed by atoms with Gasteiger partial charge in [0.15, 0.2) is 0 Å². The van der Waals surface area contributed by atoms with E-state index in [0.29, 0.717) is 30.8 Å². The van der Waals surface area contributed by atoms with Crippen LogP contribution in [-0.4, -0.2) is 49.0 Å². The largest absolute Gasteiger partial charge is 0.463 e. The topological polar surface area (TPSA) is 110 Å². The maximum absolute atomic E-state index is 12.3. The van der Waals surface area contributed by atoms with Gasteiger partial charge in [-0.25, -0.2) is 9.59 Å². The molecule has 3 heterocycles. The van der Waals surface area contributed by atoms with Crippen molar-refractivity contribution < 1.29 is 28.3 Å². The molecule has 2 aromatic rings. The minimum Gasteiger partial charge on any atom is -0.463 e. The molecule has 9 heteroatoms. The molecule has 2 atom stereocenters. The number of furan rings is 1. The molecule has 0 radical (unpaired) electrons. The molecule has 38 heavy (non-hydrogen) atoms. The average Bonchev–Trinajstić information content (AvgIpc) is 3.43. The Labute approximate surface area is 223 Å². The number of dihydropyridines is 1. The fraction of sp³-hybridized carbons (Fsp3) is 0.414. The maximum Gasteiger partial charge on any atom is 0.336 e. The number of esters is 2. The normalized spacial score (nSPS) is 19.1. The summed E-state index contributed by atoms with van der Waals surface area (Å²) in [6.45, 7) is 9.60. The minimum atomic E-state index is -0.392. The second-order valence-corrected chi connectivity index (χ2v) is 9.16. The molecule has 0 spiro atoms. The summed E-state index contributed by atoms with van der Waals surface area (Å²) < 4.78 is 15.6. The standard InChI is InChI=1S/C16H18N2O2.C13H19NO4/c1-11-8-9-14(20-11)15-17-13(16(19)18(15)2)10-12-6-4-3-5-7-12;1-5-17-12(15)10-7-11(13(16)18-6-2)9(4)14-8(10)3/h3-9,13,15,17H,10H2,1-2H3;14H,5-7H2,1-4H3. The number of allylic oxidation sites excluding steroid dienone is 2. The van der Waals surface area contributed by atoms with Gasteiger partial charge >= 0.3 is 11.9 Å². The van der Waals surface area contributed by atoms with Crippen LogP contribution in [0.5, 0.6) is 0 Å². The summed E-state index contributed by atoms with van der Waals surface area (Å²) in [7, 11) is 1.81. The van der Waals surface area contributed by atoms with E-state index >= 15 is 0 Å². The minimum absolute atomic E-state index is 0.105. The van der Waals surface area contributed by atoms with Gasteiger partial charge in [0, 0.05) is 24.9 Å². The monoisotopic (exact) mass is 523 g/mol. The molecule has 204 valence electrons. The molecule has 2 N–H and O–H groups in total. The van der Waals surface area contributed by atoms with Gasteiger partial charge in [0.05, 0.1) is 30.4 Å². The third-order valence-electron chi connectivity index (χ3n) is 6.38. The van der Waals surface area contributed by atoms with Crippen LogP contribution in [-0.2, 0) is 30.3 Å². The fourth-order valence-corrected chi connectivity index (χ4v) is 4.38. The highest BCUT2D eigenvalue weighted by Crippen LogP contribution is 2.27. The van der Waals surface area contributed by atoms with Crippen LogP contribution < -0.4 is 10.6 Å². The van der Waals surface area contributed by atoms with Crippen molar-refractivity contribution in [2.75, 3.05) is 20.3 Å². The van der Waals surface area contributed by atoms with Crippen LogP contribution in [0.25, 0.3) is 0 Å². The van der Waals surface area contributed by atoms with Crippen molar-refractivity contribution in [3.05, 3.63) is 82.1 Å². The second kappa shape index (κ2) is 13.1. The Kier molecular flexibility index (Phi) is 9.90. The Balaban J connectivity index is 0.000000212. The van der Waals surface area contributed by atoms with Crippen molar-refractivity contribution in [2.45, 2.75) is 59.7 Å². The molecule has 1 fully saturated rings. The molecule has 2 aliphatic rings. The molecule has 9 nitrogen and oxygen atoms in total. The van der Waals surface area contributed by atoms with E-state index in [9.17, 15) is 14.4 Å². The predicted octanol–water partition coefficient (Wildman–Crippen LogP) is 3.91. The SMILES string of the molecule is CCOC(=O)C1=C(C)NC(C)=C(C(=O)OCC)C1.Cc1ccc(C2NC(Cc3ccccc3)C(=O)N2C)o1. The number of nitrogens with zero attached hydrogens (tertiary/aromatic N) is 1.